The lowest BCUT2D eigenvalue weighted by atomic mass is 10.2. The van der Waals surface area contributed by atoms with Crippen LogP contribution in [-0.4, -0.2) is 22.4 Å². The van der Waals surface area contributed by atoms with E-state index in [1.807, 2.05) is 13.0 Å². The number of rotatable bonds is 4. The minimum Gasteiger partial charge on any atom is -0.461 e. The molecule has 2 aromatic rings. The van der Waals surface area contributed by atoms with Gasteiger partial charge in [-0.1, -0.05) is 29.3 Å². The molecular weight excluding hydrogens is 299 g/mol. The number of benzene rings is 1. The van der Waals surface area contributed by atoms with E-state index in [4.69, 9.17) is 27.9 Å². The maximum absolute atomic E-state index is 11.9. The summed E-state index contributed by atoms with van der Waals surface area (Å²) < 4.78 is 6.60. The van der Waals surface area contributed by atoms with Crippen LogP contribution >= 0.6 is 23.2 Å². The predicted octanol–water partition coefficient (Wildman–Crippen LogP) is 3.72. The standard InChI is InChI=1S/C14H14Cl2N2O2/c1-3-20-14(19)13-6-9(2)17-18(13)8-10-4-5-11(15)7-12(10)16/h4-7H,3,8H2,1-2H3. The topological polar surface area (TPSA) is 44.1 Å². The van der Waals surface area contributed by atoms with Crippen molar-refractivity contribution in [2.75, 3.05) is 6.61 Å². The van der Waals surface area contributed by atoms with Crippen LogP contribution in [0.5, 0.6) is 0 Å². The van der Waals surface area contributed by atoms with Crippen LogP contribution in [0.25, 0.3) is 0 Å². The summed E-state index contributed by atoms with van der Waals surface area (Å²) in [6.07, 6.45) is 0. The SMILES string of the molecule is CCOC(=O)c1cc(C)nn1Cc1ccc(Cl)cc1Cl. The van der Waals surface area contributed by atoms with Crippen LogP contribution in [0.1, 0.15) is 28.7 Å². The van der Waals surface area contributed by atoms with Gasteiger partial charge in [-0.05, 0) is 37.6 Å². The van der Waals surface area contributed by atoms with Gasteiger partial charge in [-0.15, -0.1) is 0 Å². The summed E-state index contributed by atoms with van der Waals surface area (Å²) in [6, 6.07) is 6.93. The Morgan fingerprint density at radius 1 is 1.35 bits per heavy atom. The van der Waals surface area contributed by atoms with Crippen LogP contribution in [0, 0.1) is 6.92 Å². The van der Waals surface area contributed by atoms with Gasteiger partial charge < -0.3 is 4.74 Å². The van der Waals surface area contributed by atoms with Gasteiger partial charge >= 0.3 is 5.97 Å². The molecule has 6 heteroatoms. The summed E-state index contributed by atoms with van der Waals surface area (Å²) in [5.41, 5.74) is 2.00. The fourth-order valence-corrected chi connectivity index (χ4v) is 2.31. The fourth-order valence-electron chi connectivity index (χ4n) is 1.85. The third-order valence-electron chi connectivity index (χ3n) is 2.72. The summed E-state index contributed by atoms with van der Waals surface area (Å²) >= 11 is 12.0. The van der Waals surface area contributed by atoms with E-state index in [0.29, 0.717) is 28.9 Å². The van der Waals surface area contributed by atoms with Crippen molar-refractivity contribution in [1.82, 2.24) is 9.78 Å². The van der Waals surface area contributed by atoms with Crippen LogP contribution in [0.3, 0.4) is 0 Å². The number of hydrogen-bond donors (Lipinski definition) is 0. The molecule has 0 radical (unpaired) electrons. The summed E-state index contributed by atoms with van der Waals surface area (Å²) in [6.45, 7) is 4.30. The zero-order valence-corrected chi connectivity index (χ0v) is 12.7. The average molecular weight is 313 g/mol. The molecule has 20 heavy (non-hydrogen) atoms. The number of carbonyl (C=O) groups is 1. The van der Waals surface area contributed by atoms with Crippen LogP contribution in [-0.2, 0) is 11.3 Å². The van der Waals surface area contributed by atoms with Crippen molar-refractivity contribution in [2.24, 2.45) is 0 Å². The average Bonchev–Trinajstić information content (AvgIpc) is 2.74. The van der Waals surface area contributed by atoms with Crippen molar-refractivity contribution in [3.63, 3.8) is 0 Å². The van der Waals surface area contributed by atoms with E-state index in [1.165, 1.54) is 0 Å². The van der Waals surface area contributed by atoms with Gasteiger partial charge in [-0.3, -0.25) is 4.68 Å². The summed E-state index contributed by atoms with van der Waals surface area (Å²) in [7, 11) is 0. The largest absolute Gasteiger partial charge is 0.461 e. The molecule has 1 aromatic heterocycles. The molecule has 0 aliphatic heterocycles. The normalized spacial score (nSPS) is 10.6. The maximum atomic E-state index is 11.9. The third-order valence-corrected chi connectivity index (χ3v) is 3.31. The Labute approximate surface area is 127 Å². The van der Waals surface area contributed by atoms with Crippen molar-refractivity contribution in [3.05, 3.63) is 51.3 Å². The highest BCUT2D eigenvalue weighted by atomic mass is 35.5. The molecule has 1 heterocycles. The highest BCUT2D eigenvalue weighted by Gasteiger charge is 2.16. The highest BCUT2D eigenvalue weighted by molar-refractivity contribution is 6.35. The smallest absolute Gasteiger partial charge is 0.356 e. The van der Waals surface area contributed by atoms with Crippen molar-refractivity contribution in [2.45, 2.75) is 20.4 Å². The molecular formula is C14H14Cl2N2O2. The maximum Gasteiger partial charge on any atom is 0.356 e. The second-order valence-corrected chi connectivity index (χ2v) is 5.13. The Bertz CT molecular complexity index is 638. The Hall–Kier alpha value is -1.52. The number of aryl methyl sites for hydroxylation is 1. The molecule has 0 aliphatic carbocycles. The highest BCUT2D eigenvalue weighted by Crippen LogP contribution is 2.22. The lowest BCUT2D eigenvalue weighted by Crippen LogP contribution is -2.14. The van der Waals surface area contributed by atoms with E-state index in [9.17, 15) is 4.79 Å². The van der Waals surface area contributed by atoms with Crippen LogP contribution < -0.4 is 0 Å². The van der Waals surface area contributed by atoms with E-state index >= 15 is 0 Å². The van der Waals surface area contributed by atoms with Gasteiger partial charge in [-0.25, -0.2) is 4.79 Å². The molecule has 0 N–H and O–H groups in total. The fraction of sp³-hybridized carbons (Fsp3) is 0.286. The summed E-state index contributed by atoms with van der Waals surface area (Å²) in [5, 5.41) is 5.41. The third kappa shape index (κ3) is 3.32. The van der Waals surface area contributed by atoms with Gasteiger partial charge in [0.15, 0.2) is 0 Å². The first-order valence-corrected chi connectivity index (χ1v) is 6.92. The number of halogens is 2. The summed E-state index contributed by atoms with van der Waals surface area (Å²) in [5.74, 6) is -0.391. The minimum atomic E-state index is -0.391. The van der Waals surface area contributed by atoms with Crippen LogP contribution in [0.15, 0.2) is 24.3 Å². The monoisotopic (exact) mass is 312 g/mol. The molecule has 0 aliphatic rings. The zero-order valence-electron chi connectivity index (χ0n) is 11.2. The van der Waals surface area contributed by atoms with Gasteiger partial charge in [0.1, 0.15) is 5.69 Å². The van der Waals surface area contributed by atoms with Crippen molar-refractivity contribution >= 4 is 29.2 Å². The summed E-state index contributed by atoms with van der Waals surface area (Å²) in [4.78, 5) is 11.9. The molecule has 0 saturated carbocycles. The molecule has 0 spiro atoms. The van der Waals surface area contributed by atoms with E-state index < -0.39 is 5.97 Å². The molecule has 106 valence electrons. The van der Waals surface area contributed by atoms with Gasteiger partial charge in [0.25, 0.3) is 0 Å². The van der Waals surface area contributed by atoms with E-state index in [2.05, 4.69) is 5.10 Å². The molecule has 0 amide bonds. The van der Waals surface area contributed by atoms with Crippen molar-refractivity contribution in [1.29, 1.82) is 0 Å². The minimum absolute atomic E-state index is 0.324. The first-order valence-electron chi connectivity index (χ1n) is 6.16. The van der Waals surface area contributed by atoms with E-state index in [1.54, 1.807) is 29.8 Å². The van der Waals surface area contributed by atoms with Gasteiger partial charge in [0, 0.05) is 10.0 Å². The lowest BCUT2D eigenvalue weighted by molar-refractivity contribution is 0.0512. The van der Waals surface area contributed by atoms with Crippen LogP contribution in [0.2, 0.25) is 10.0 Å². The zero-order chi connectivity index (χ0) is 14.7. The predicted molar refractivity (Wildman–Crippen MR) is 78.5 cm³/mol. The molecule has 0 bridgehead atoms. The first kappa shape index (κ1) is 14.9. The van der Waals surface area contributed by atoms with Gasteiger partial charge in [-0.2, -0.15) is 5.10 Å². The molecule has 4 nitrogen and oxygen atoms in total. The van der Waals surface area contributed by atoms with Crippen molar-refractivity contribution in [3.8, 4) is 0 Å². The lowest BCUT2D eigenvalue weighted by Gasteiger charge is -2.08. The first-order chi connectivity index (χ1) is 9.51. The van der Waals surface area contributed by atoms with E-state index in [0.717, 1.165) is 11.3 Å². The van der Waals surface area contributed by atoms with Gasteiger partial charge in [0.2, 0.25) is 0 Å². The molecule has 0 unspecified atom stereocenters. The number of ether oxygens (including phenoxy) is 1. The molecule has 2 rings (SSSR count). The molecule has 0 saturated heterocycles. The van der Waals surface area contributed by atoms with Gasteiger partial charge in [0.05, 0.1) is 18.8 Å². The molecule has 0 atom stereocenters. The number of esters is 1. The number of carbonyl (C=O) groups excluding carboxylic acids is 1. The van der Waals surface area contributed by atoms with Crippen LogP contribution in [0.4, 0.5) is 0 Å². The Balaban J connectivity index is 2.31. The van der Waals surface area contributed by atoms with E-state index in [-0.39, 0.29) is 0 Å². The second kappa shape index (κ2) is 6.29. The quantitative estimate of drug-likeness (QED) is 0.808. The Kier molecular flexibility index (Phi) is 4.68. The second-order valence-electron chi connectivity index (χ2n) is 4.28. The Morgan fingerprint density at radius 2 is 2.10 bits per heavy atom. The molecule has 0 fully saturated rings. The van der Waals surface area contributed by atoms with Crippen molar-refractivity contribution < 1.29 is 9.53 Å². The number of hydrogen-bond acceptors (Lipinski definition) is 3. The number of aromatic nitrogens is 2. The molecule has 1 aromatic carbocycles. The number of nitrogens with zero attached hydrogens (tertiary/aromatic N) is 2. The Morgan fingerprint density at radius 3 is 2.75 bits per heavy atom.